The Morgan fingerprint density at radius 2 is 2.09 bits per heavy atom. The number of aryl methyl sites for hydroxylation is 2. The second kappa shape index (κ2) is 10.8. The first-order valence-corrected chi connectivity index (χ1v) is 12.0. The van der Waals surface area contributed by atoms with E-state index in [1.807, 2.05) is 6.07 Å². The van der Waals surface area contributed by atoms with Crippen molar-refractivity contribution in [3.63, 3.8) is 0 Å². The Balaban J connectivity index is 1.37. The minimum atomic E-state index is -0.788. The van der Waals surface area contributed by atoms with Gasteiger partial charge in [0.05, 0.1) is 25.4 Å². The van der Waals surface area contributed by atoms with Crippen LogP contribution in [0.15, 0.2) is 33.6 Å². The van der Waals surface area contributed by atoms with Crippen molar-refractivity contribution in [1.82, 2.24) is 29.4 Å². The zero-order chi connectivity index (χ0) is 25.1. The van der Waals surface area contributed by atoms with E-state index in [0.717, 1.165) is 24.8 Å². The van der Waals surface area contributed by atoms with Gasteiger partial charge in [-0.05, 0) is 56.0 Å². The average molecular weight is 489 g/mol. The van der Waals surface area contributed by atoms with Crippen molar-refractivity contribution in [3.05, 3.63) is 57.8 Å². The average Bonchev–Trinajstić information content (AvgIpc) is 3.35. The Bertz CT molecular complexity index is 1190. The third-order valence-electron chi connectivity index (χ3n) is 6.54. The number of aromatic nitrogens is 5. The summed E-state index contributed by atoms with van der Waals surface area (Å²) in [5.41, 5.74) is 0.395. The lowest BCUT2D eigenvalue weighted by Gasteiger charge is -2.44. The van der Waals surface area contributed by atoms with Crippen molar-refractivity contribution < 1.29 is 18.8 Å². The SMILES string of the molecule is CCC1CC(OCc2cccc(F)c2)CC(C)N1CC(O)Cn1nc(C)n(-c2noc(C)n2)c1=O. The number of ether oxygens (including phenoxy) is 1. The first-order chi connectivity index (χ1) is 16.7. The van der Waals surface area contributed by atoms with Crippen LogP contribution in [-0.4, -0.2) is 65.3 Å². The molecule has 0 saturated carbocycles. The molecule has 11 heteroatoms. The van der Waals surface area contributed by atoms with Crippen LogP contribution in [0.3, 0.4) is 0 Å². The molecule has 4 unspecified atom stereocenters. The first kappa shape index (κ1) is 25.2. The van der Waals surface area contributed by atoms with E-state index in [4.69, 9.17) is 9.26 Å². The van der Waals surface area contributed by atoms with Crippen molar-refractivity contribution >= 4 is 0 Å². The molecule has 0 bridgehead atoms. The van der Waals surface area contributed by atoms with Crippen LogP contribution in [0, 0.1) is 19.7 Å². The number of aliphatic hydroxyl groups is 1. The highest BCUT2D eigenvalue weighted by molar-refractivity contribution is 5.15. The highest BCUT2D eigenvalue weighted by atomic mass is 19.1. The predicted molar refractivity (Wildman–Crippen MR) is 126 cm³/mol. The molecule has 1 aliphatic heterocycles. The van der Waals surface area contributed by atoms with Crippen LogP contribution in [0.5, 0.6) is 0 Å². The summed E-state index contributed by atoms with van der Waals surface area (Å²) in [6.07, 6.45) is 1.81. The molecular formula is C24H33FN6O4. The molecule has 0 amide bonds. The number of aliphatic hydroxyl groups excluding tert-OH is 1. The number of benzene rings is 1. The highest BCUT2D eigenvalue weighted by Gasteiger charge is 2.34. The quantitative estimate of drug-likeness (QED) is 0.489. The standard InChI is InChI=1S/C24H33FN6O4/c1-5-20-11-22(34-14-18-7-6-8-19(25)10-18)9-15(2)29(20)12-21(32)13-30-24(33)31(16(3)27-30)23-26-17(4)35-28-23/h6-8,10,15,20-22,32H,5,9,11-14H2,1-4H3. The minimum absolute atomic E-state index is 0.0582. The number of rotatable bonds is 9. The fourth-order valence-electron chi connectivity index (χ4n) is 4.86. The predicted octanol–water partition coefficient (Wildman–Crippen LogP) is 2.38. The Kier molecular flexibility index (Phi) is 7.78. The van der Waals surface area contributed by atoms with Gasteiger partial charge in [0, 0.05) is 25.6 Å². The van der Waals surface area contributed by atoms with Crippen LogP contribution >= 0.6 is 0 Å². The monoisotopic (exact) mass is 488 g/mol. The Morgan fingerprint density at radius 1 is 1.29 bits per heavy atom. The first-order valence-electron chi connectivity index (χ1n) is 12.0. The molecule has 10 nitrogen and oxygen atoms in total. The van der Waals surface area contributed by atoms with Gasteiger partial charge in [0.1, 0.15) is 11.6 Å². The van der Waals surface area contributed by atoms with Gasteiger partial charge in [0.2, 0.25) is 5.89 Å². The summed E-state index contributed by atoms with van der Waals surface area (Å²) in [5, 5.41) is 18.9. The van der Waals surface area contributed by atoms with E-state index < -0.39 is 11.8 Å². The Morgan fingerprint density at radius 3 is 2.77 bits per heavy atom. The summed E-state index contributed by atoms with van der Waals surface area (Å²) in [4.78, 5) is 19.2. The zero-order valence-corrected chi connectivity index (χ0v) is 20.6. The molecule has 1 saturated heterocycles. The van der Waals surface area contributed by atoms with Crippen LogP contribution < -0.4 is 5.69 Å². The van der Waals surface area contributed by atoms with Gasteiger partial charge in [-0.2, -0.15) is 10.1 Å². The summed E-state index contributed by atoms with van der Waals surface area (Å²) in [6, 6.07) is 6.88. The smallest absolute Gasteiger partial charge is 0.353 e. The van der Waals surface area contributed by atoms with Gasteiger partial charge in [-0.25, -0.2) is 18.4 Å². The van der Waals surface area contributed by atoms with Crippen molar-refractivity contribution in [2.75, 3.05) is 6.54 Å². The van der Waals surface area contributed by atoms with Crippen LogP contribution in [0.1, 0.15) is 50.4 Å². The molecule has 3 heterocycles. The number of hydrogen-bond acceptors (Lipinski definition) is 8. The van der Waals surface area contributed by atoms with Gasteiger partial charge in [-0.3, -0.25) is 4.90 Å². The fraction of sp³-hybridized carbons (Fsp3) is 0.583. The summed E-state index contributed by atoms with van der Waals surface area (Å²) >= 11 is 0. The van der Waals surface area contributed by atoms with E-state index in [1.54, 1.807) is 19.9 Å². The van der Waals surface area contributed by atoms with Crippen molar-refractivity contribution in [1.29, 1.82) is 0 Å². The normalized spacial score (nSPS) is 21.9. The second-order valence-electron chi connectivity index (χ2n) is 9.26. The number of likely N-dealkylation sites (tertiary alicyclic amines) is 1. The van der Waals surface area contributed by atoms with Gasteiger partial charge in [0.25, 0.3) is 5.95 Å². The number of halogens is 1. The van der Waals surface area contributed by atoms with Crippen molar-refractivity contribution in [2.24, 2.45) is 0 Å². The summed E-state index contributed by atoms with van der Waals surface area (Å²) in [5.74, 6) is 0.632. The molecule has 3 aromatic rings. The van der Waals surface area contributed by atoms with Crippen molar-refractivity contribution in [3.8, 4) is 5.95 Å². The number of β-amino-alcohol motifs (C(OH)–C–C–N with tert-alkyl or cyclic N) is 1. The molecule has 0 spiro atoms. The van der Waals surface area contributed by atoms with E-state index >= 15 is 0 Å². The lowest BCUT2D eigenvalue weighted by molar-refractivity contribution is -0.0587. The molecule has 4 atom stereocenters. The van der Waals surface area contributed by atoms with Gasteiger partial charge in [0.15, 0.2) is 0 Å². The molecule has 1 aliphatic rings. The third-order valence-corrected chi connectivity index (χ3v) is 6.54. The topological polar surface area (TPSA) is 111 Å². The minimum Gasteiger partial charge on any atom is -0.390 e. The largest absolute Gasteiger partial charge is 0.390 e. The maximum Gasteiger partial charge on any atom is 0.353 e. The molecule has 2 aromatic heterocycles. The van der Waals surface area contributed by atoms with Gasteiger partial charge >= 0.3 is 5.69 Å². The van der Waals surface area contributed by atoms with E-state index in [0.29, 0.717) is 24.9 Å². The number of nitrogens with zero attached hydrogens (tertiary/aromatic N) is 6. The van der Waals surface area contributed by atoms with Gasteiger partial charge in [-0.15, -0.1) is 0 Å². The van der Waals surface area contributed by atoms with E-state index in [2.05, 4.69) is 34.0 Å². The zero-order valence-electron chi connectivity index (χ0n) is 20.6. The fourth-order valence-corrected chi connectivity index (χ4v) is 4.86. The lowest BCUT2D eigenvalue weighted by Crippen LogP contribution is -2.53. The van der Waals surface area contributed by atoms with Crippen molar-refractivity contribution in [2.45, 2.75) is 84.4 Å². The molecular weight excluding hydrogens is 455 g/mol. The summed E-state index contributed by atoms with van der Waals surface area (Å²) in [7, 11) is 0. The second-order valence-corrected chi connectivity index (χ2v) is 9.26. The van der Waals surface area contributed by atoms with E-state index in [-0.39, 0.29) is 36.5 Å². The summed E-state index contributed by atoms with van der Waals surface area (Å²) in [6.45, 7) is 8.41. The molecule has 0 radical (unpaired) electrons. The molecule has 4 rings (SSSR count). The van der Waals surface area contributed by atoms with Gasteiger partial charge < -0.3 is 14.4 Å². The summed E-state index contributed by atoms with van der Waals surface area (Å²) < 4.78 is 27.0. The van der Waals surface area contributed by atoms with E-state index in [1.165, 1.54) is 21.4 Å². The maximum atomic E-state index is 13.5. The maximum absolute atomic E-state index is 13.5. The molecule has 0 aliphatic carbocycles. The molecule has 35 heavy (non-hydrogen) atoms. The van der Waals surface area contributed by atoms with Crippen LogP contribution in [0.4, 0.5) is 4.39 Å². The number of hydrogen-bond donors (Lipinski definition) is 1. The van der Waals surface area contributed by atoms with Crippen LogP contribution in [0.25, 0.3) is 5.95 Å². The number of piperidine rings is 1. The molecule has 1 aromatic carbocycles. The lowest BCUT2D eigenvalue weighted by atomic mass is 9.91. The Hall–Kier alpha value is -2.89. The van der Waals surface area contributed by atoms with Crippen LogP contribution in [-0.2, 0) is 17.9 Å². The highest BCUT2D eigenvalue weighted by Crippen LogP contribution is 2.28. The van der Waals surface area contributed by atoms with Gasteiger partial charge in [-0.1, -0.05) is 19.1 Å². The van der Waals surface area contributed by atoms with E-state index in [9.17, 15) is 14.3 Å². The van der Waals surface area contributed by atoms with Crippen LogP contribution in [0.2, 0.25) is 0 Å². The molecule has 1 N–H and O–H groups in total. The Labute approximate surface area is 203 Å². The molecule has 1 fully saturated rings. The molecule has 190 valence electrons. The third kappa shape index (κ3) is 5.85.